The first-order valence-corrected chi connectivity index (χ1v) is 9.53. The topological polar surface area (TPSA) is 67.4 Å². The number of nitrogens with one attached hydrogen (secondary N) is 2. The Bertz CT molecular complexity index is 832. The molecular weight excluding hydrogens is 348 g/mol. The van der Waals surface area contributed by atoms with E-state index in [1.165, 1.54) is 11.3 Å². The van der Waals surface area contributed by atoms with Gasteiger partial charge in [-0.25, -0.2) is 4.79 Å². The molecule has 26 heavy (non-hydrogen) atoms. The van der Waals surface area contributed by atoms with E-state index in [-0.39, 0.29) is 5.78 Å². The second-order valence-electron chi connectivity index (χ2n) is 7.46. The summed E-state index contributed by atoms with van der Waals surface area (Å²) in [6.07, 6.45) is 0.233. The van der Waals surface area contributed by atoms with Crippen LogP contribution in [0.1, 0.15) is 52.7 Å². The highest BCUT2D eigenvalue weighted by Crippen LogP contribution is 2.37. The van der Waals surface area contributed by atoms with Gasteiger partial charge in [-0.1, -0.05) is 29.8 Å². The minimum Gasteiger partial charge on any atom is -0.444 e. The fraction of sp³-hybridized carbons (Fsp3) is 0.400. The third kappa shape index (κ3) is 4.14. The van der Waals surface area contributed by atoms with Gasteiger partial charge in [-0.3, -0.25) is 10.1 Å². The van der Waals surface area contributed by atoms with Crippen LogP contribution in [0.15, 0.2) is 24.3 Å². The highest BCUT2D eigenvalue weighted by Gasteiger charge is 2.28. The van der Waals surface area contributed by atoms with Crippen molar-refractivity contribution in [1.82, 2.24) is 5.32 Å². The molecule has 0 aliphatic carbocycles. The number of anilines is 1. The lowest BCUT2D eigenvalue weighted by Crippen LogP contribution is -2.27. The van der Waals surface area contributed by atoms with E-state index in [1.54, 1.807) is 0 Å². The van der Waals surface area contributed by atoms with Gasteiger partial charge in [-0.15, -0.1) is 11.3 Å². The average Bonchev–Trinajstić information content (AvgIpc) is 2.90. The largest absolute Gasteiger partial charge is 0.444 e. The molecule has 6 heteroatoms. The van der Waals surface area contributed by atoms with Crippen LogP contribution in [0.5, 0.6) is 0 Å². The number of carbonyl (C=O) groups is 2. The zero-order valence-electron chi connectivity index (χ0n) is 15.6. The van der Waals surface area contributed by atoms with Crippen molar-refractivity contribution in [1.29, 1.82) is 0 Å². The number of hydrogen-bond acceptors (Lipinski definition) is 5. The Balaban J connectivity index is 1.97. The molecule has 2 heterocycles. The standard InChI is InChI=1S/C20H24N2O3S/c1-12-5-7-13(8-6-12)17(23)16-14-9-10-21-11-15(14)26-18(16)22-19(24)25-20(2,3)4/h5-8,21H,9-11H2,1-4H3,(H,22,24). The van der Waals surface area contributed by atoms with E-state index in [0.29, 0.717) is 22.7 Å². The van der Waals surface area contributed by atoms with Crippen LogP contribution in [0, 0.1) is 6.92 Å². The van der Waals surface area contributed by atoms with Crippen LogP contribution in [0.4, 0.5) is 9.80 Å². The molecule has 1 aromatic heterocycles. The Morgan fingerprint density at radius 1 is 1.19 bits per heavy atom. The summed E-state index contributed by atoms with van der Waals surface area (Å²) in [4.78, 5) is 26.5. The number of benzene rings is 1. The van der Waals surface area contributed by atoms with Crippen molar-refractivity contribution in [2.75, 3.05) is 11.9 Å². The number of ketones is 1. The molecule has 0 bridgehead atoms. The summed E-state index contributed by atoms with van der Waals surface area (Å²) in [5, 5.41) is 6.68. The van der Waals surface area contributed by atoms with Crippen molar-refractivity contribution < 1.29 is 14.3 Å². The first kappa shape index (κ1) is 18.6. The molecule has 0 unspecified atom stereocenters. The number of hydrogen-bond donors (Lipinski definition) is 2. The molecule has 5 nitrogen and oxygen atoms in total. The Labute approximate surface area is 157 Å². The normalized spacial score (nSPS) is 13.8. The molecule has 0 saturated heterocycles. The summed E-state index contributed by atoms with van der Waals surface area (Å²) in [6, 6.07) is 7.52. The van der Waals surface area contributed by atoms with Crippen LogP contribution in [0.2, 0.25) is 0 Å². The molecule has 2 aromatic rings. The lowest BCUT2D eigenvalue weighted by molar-refractivity contribution is 0.0636. The van der Waals surface area contributed by atoms with Crippen LogP contribution < -0.4 is 10.6 Å². The summed E-state index contributed by atoms with van der Waals surface area (Å²) in [5.74, 6) is -0.0598. The van der Waals surface area contributed by atoms with Crippen molar-refractivity contribution >= 4 is 28.2 Å². The second kappa shape index (κ2) is 7.21. The summed E-state index contributed by atoms with van der Waals surface area (Å²) in [5.41, 5.74) is 2.77. The molecule has 3 rings (SSSR count). The van der Waals surface area contributed by atoms with Gasteiger partial charge in [0.1, 0.15) is 10.6 Å². The molecule has 1 aromatic carbocycles. The van der Waals surface area contributed by atoms with Crippen LogP contribution in [-0.4, -0.2) is 24.0 Å². The molecule has 1 aliphatic heterocycles. The first-order chi connectivity index (χ1) is 12.2. The Hall–Kier alpha value is -2.18. The molecule has 0 radical (unpaired) electrons. The summed E-state index contributed by atoms with van der Waals surface area (Å²) >= 11 is 1.45. The first-order valence-electron chi connectivity index (χ1n) is 8.71. The maximum absolute atomic E-state index is 13.2. The SMILES string of the molecule is Cc1ccc(C(=O)c2c(NC(=O)OC(C)(C)C)sc3c2CCNC3)cc1. The predicted octanol–water partition coefficient (Wildman–Crippen LogP) is 4.28. The molecular formula is C20H24N2O3S. The number of fused-ring (bicyclic) bond motifs is 1. The van der Waals surface area contributed by atoms with Gasteiger partial charge in [-0.05, 0) is 46.2 Å². The average molecular weight is 372 g/mol. The number of carbonyl (C=O) groups excluding carboxylic acids is 2. The summed E-state index contributed by atoms with van der Waals surface area (Å²) in [7, 11) is 0. The third-order valence-corrected chi connectivity index (χ3v) is 5.23. The van der Waals surface area contributed by atoms with Gasteiger partial charge in [0.2, 0.25) is 0 Å². The zero-order valence-corrected chi connectivity index (χ0v) is 16.4. The van der Waals surface area contributed by atoms with Gasteiger partial charge < -0.3 is 10.1 Å². The molecule has 0 fully saturated rings. The van der Waals surface area contributed by atoms with Gasteiger partial charge in [0.05, 0.1) is 5.56 Å². The number of aryl methyl sites for hydroxylation is 1. The van der Waals surface area contributed by atoms with Crippen molar-refractivity contribution in [3.05, 3.63) is 51.4 Å². The summed E-state index contributed by atoms with van der Waals surface area (Å²) in [6.45, 7) is 8.97. The molecule has 0 spiro atoms. The van der Waals surface area contributed by atoms with Crippen LogP contribution in [-0.2, 0) is 17.7 Å². The maximum Gasteiger partial charge on any atom is 0.412 e. The lowest BCUT2D eigenvalue weighted by atomic mass is 9.96. The minimum atomic E-state index is -0.594. The van der Waals surface area contributed by atoms with Crippen molar-refractivity contribution in [2.24, 2.45) is 0 Å². The number of rotatable bonds is 3. The predicted molar refractivity (Wildman–Crippen MR) is 104 cm³/mol. The molecule has 1 aliphatic rings. The lowest BCUT2D eigenvalue weighted by Gasteiger charge is -2.19. The van der Waals surface area contributed by atoms with Crippen LogP contribution in [0.25, 0.3) is 0 Å². The molecule has 1 amide bonds. The van der Waals surface area contributed by atoms with E-state index in [9.17, 15) is 9.59 Å². The Morgan fingerprint density at radius 3 is 2.54 bits per heavy atom. The smallest absolute Gasteiger partial charge is 0.412 e. The number of ether oxygens (including phenoxy) is 1. The van der Waals surface area contributed by atoms with E-state index < -0.39 is 11.7 Å². The van der Waals surface area contributed by atoms with Crippen LogP contribution >= 0.6 is 11.3 Å². The van der Waals surface area contributed by atoms with Crippen LogP contribution in [0.3, 0.4) is 0 Å². The van der Waals surface area contributed by atoms with Gasteiger partial charge in [-0.2, -0.15) is 0 Å². The van der Waals surface area contributed by atoms with E-state index >= 15 is 0 Å². The van der Waals surface area contributed by atoms with Gasteiger partial charge in [0.25, 0.3) is 0 Å². The van der Waals surface area contributed by atoms with E-state index in [1.807, 2.05) is 52.0 Å². The maximum atomic E-state index is 13.2. The number of amides is 1. The van der Waals surface area contributed by atoms with Gasteiger partial charge in [0.15, 0.2) is 5.78 Å². The quantitative estimate of drug-likeness (QED) is 0.789. The van der Waals surface area contributed by atoms with Crippen molar-refractivity contribution in [3.63, 3.8) is 0 Å². The monoisotopic (exact) mass is 372 g/mol. The Morgan fingerprint density at radius 2 is 1.88 bits per heavy atom. The molecule has 2 N–H and O–H groups in total. The third-order valence-electron chi connectivity index (χ3n) is 4.08. The summed E-state index contributed by atoms with van der Waals surface area (Å²) < 4.78 is 5.36. The van der Waals surface area contributed by atoms with E-state index in [4.69, 9.17) is 4.74 Å². The van der Waals surface area contributed by atoms with Crippen molar-refractivity contribution in [2.45, 2.75) is 46.3 Å². The fourth-order valence-electron chi connectivity index (χ4n) is 2.91. The van der Waals surface area contributed by atoms with Gasteiger partial charge in [0, 0.05) is 17.0 Å². The highest BCUT2D eigenvalue weighted by atomic mass is 32.1. The Kier molecular flexibility index (Phi) is 5.16. The fourth-order valence-corrected chi connectivity index (χ4v) is 4.11. The number of thiophene rings is 1. The second-order valence-corrected chi connectivity index (χ2v) is 8.56. The minimum absolute atomic E-state index is 0.0598. The highest BCUT2D eigenvalue weighted by molar-refractivity contribution is 7.17. The van der Waals surface area contributed by atoms with E-state index in [2.05, 4.69) is 10.6 Å². The zero-order chi connectivity index (χ0) is 18.9. The van der Waals surface area contributed by atoms with E-state index in [0.717, 1.165) is 29.0 Å². The molecule has 0 saturated carbocycles. The van der Waals surface area contributed by atoms with Gasteiger partial charge >= 0.3 is 6.09 Å². The van der Waals surface area contributed by atoms with Crippen molar-refractivity contribution in [3.8, 4) is 0 Å². The molecule has 0 atom stereocenters. The molecule has 138 valence electrons.